The molecule has 0 radical (unpaired) electrons. The van der Waals surface area contributed by atoms with E-state index in [-0.39, 0.29) is 52.8 Å². The molecular weight excluding hydrogens is 539 g/mol. The zero-order valence-corrected chi connectivity index (χ0v) is 22.1. The standard InChI is InChI=1S/C29H26F3N5O4/c1-40-24-13-20(28(38)39)12-23-27(24)35-25(37(23)29(31)32)15-36-9-7-18(8-10-36)22-3-2-4-26(34-22)41-16-19-6-5-17(14-33)11-21(19)30/h2-6,11-13,18,29H,7-10,15-16H2,1H3,(H,38,39). The molecule has 0 saturated carbocycles. The minimum atomic E-state index is -2.91. The fourth-order valence-electron chi connectivity index (χ4n) is 5.03. The number of hydrogen-bond acceptors (Lipinski definition) is 7. The molecule has 0 spiro atoms. The van der Waals surface area contributed by atoms with E-state index in [4.69, 9.17) is 14.7 Å². The largest absolute Gasteiger partial charge is 0.494 e. The zero-order valence-electron chi connectivity index (χ0n) is 22.1. The number of rotatable bonds is 9. The highest BCUT2D eigenvalue weighted by Gasteiger charge is 2.27. The molecular formula is C29H26F3N5O4. The summed E-state index contributed by atoms with van der Waals surface area (Å²) in [6.45, 7) is -1.57. The summed E-state index contributed by atoms with van der Waals surface area (Å²) < 4.78 is 54.1. The Balaban J connectivity index is 1.26. The third-order valence-corrected chi connectivity index (χ3v) is 7.17. The van der Waals surface area contributed by atoms with Gasteiger partial charge in [-0.25, -0.2) is 19.2 Å². The molecule has 9 nitrogen and oxygen atoms in total. The number of benzene rings is 2. The van der Waals surface area contributed by atoms with Gasteiger partial charge in [0.2, 0.25) is 5.88 Å². The van der Waals surface area contributed by atoms with Gasteiger partial charge in [-0.05, 0) is 56.3 Å². The van der Waals surface area contributed by atoms with Gasteiger partial charge in [-0.1, -0.05) is 12.1 Å². The third kappa shape index (κ3) is 5.95. The number of carbonyl (C=O) groups is 1. The summed E-state index contributed by atoms with van der Waals surface area (Å²) in [5.41, 5.74) is 1.40. The van der Waals surface area contributed by atoms with Crippen LogP contribution < -0.4 is 9.47 Å². The van der Waals surface area contributed by atoms with Gasteiger partial charge >= 0.3 is 12.5 Å². The summed E-state index contributed by atoms with van der Waals surface area (Å²) in [6.07, 6.45) is 1.45. The molecule has 0 unspecified atom stereocenters. The number of imidazole rings is 1. The number of carboxylic acids is 1. The quantitative estimate of drug-likeness (QED) is 0.283. The average molecular weight is 566 g/mol. The van der Waals surface area contributed by atoms with E-state index < -0.39 is 18.3 Å². The fourth-order valence-corrected chi connectivity index (χ4v) is 5.03. The Labute approximate surface area is 233 Å². The molecule has 41 heavy (non-hydrogen) atoms. The lowest BCUT2D eigenvalue weighted by molar-refractivity contribution is 0.0664. The fraction of sp³-hybridized carbons (Fsp3) is 0.310. The van der Waals surface area contributed by atoms with Crippen LogP contribution in [-0.4, -0.2) is 50.7 Å². The van der Waals surface area contributed by atoms with Crippen molar-refractivity contribution in [2.45, 2.75) is 38.5 Å². The molecule has 0 aliphatic carbocycles. The Kier molecular flexibility index (Phi) is 8.07. The maximum absolute atomic E-state index is 14.2. The average Bonchev–Trinajstić information content (AvgIpc) is 3.34. The number of likely N-dealkylation sites (tertiary alicyclic amines) is 1. The number of aromatic carboxylic acids is 1. The molecule has 0 amide bonds. The summed E-state index contributed by atoms with van der Waals surface area (Å²) in [5.74, 6) is -1.05. The molecule has 1 aliphatic rings. The SMILES string of the molecule is COc1cc(C(=O)O)cc2c1nc(CN1CCC(c3cccc(OCc4ccc(C#N)cc4F)n3)CC1)n2C(F)F. The predicted molar refractivity (Wildman–Crippen MR) is 141 cm³/mol. The van der Waals surface area contributed by atoms with Crippen LogP contribution in [0.15, 0.2) is 48.5 Å². The highest BCUT2D eigenvalue weighted by Crippen LogP contribution is 2.33. The maximum atomic E-state index is 14.2. The van der Waals surface area contributed by atoms with E-state index in [1.54, 1.807) is 6.07 Å². The number of fused-ring (bicyclic) bond motifs is 1. The van der Waals surface area contributed by atoms with E-state index in [1.165, 1.54) is 31.4 Å². The second-order valence-corrected chi connectivity index (χ2v) is 9.68. The molecule has 212 valence electrons. The normalized spacial score (nSPS) is 14.3. The number of halogens is 3. The number of nitriles is 1. The minimum Gasteiger partial charge on any atom is -0.494 e. The lowest BCUT2D eigenvalue weighted by Gasteiger charge is -2.31. The Morgan fingerprint density at radius 1 is 1.17 bits per heavy atom. The van der Waals surface area contributed by atoms with Crippen LogP contribution in [0.1, 0.15) is 58.3 Å². The van der Waals surface area contributed by atoms with Crippen molar-refractivity contribution in [1.82, 2.24) is 19.4 Å². The van der Waals surface area contributed by atoms with Crippen molar-refractivity contribution in [3.05, 3.63) is 82.6 Å². The summed E-state index contributed by atoms with van der Waals surface area (Å²) >= 11 is 0. The summed E-state index contributed by atoms with van der Waals surface area (Å²) in [7, 11) is 1.34. The van der Waals surface area contributed by atoms with E-state index >= 15 is 0 Å². The van der Waals surface area contributed by atoms with Gasteiger partial charge in [-0.15, -0.1) is 0 Å². The Hall–Kier alpha value is -4.63. The molecule has 1 fully saturated rings. The van der Waals surface area contributed by atoms with Gasteiger partial charge in [0.15, 0.2) is 0 Å². The minimum absolute atomic E-state index is 0.00328. The highest BCUT2D eigenvalue weighted by molar-refractivity contribution is 5.95. The first kappa shape index (κ1) is 27.9. The Morgan fingerprint density at radius 3 is 2.61 bits per heavy atom. The van der Waals surface area contributed by atoms with Crippen LogP contribution in [0, 0.1) is 17.1 Å². The molecule has 2 aromatic carbocycles. The van der Waals surface area contributed by atoms with Gasteiger partial charge in [0.1, 0.15) is 29.5 Å². The van der Waals surface area contributed by atoms with E-state index in [0.717, 1.165) is 29.2 Å². The summed E-state index contributed by atoms with van der Waals surface area (Å²) in [5, 5.41) is 18.3. The number of piperidine rings is 1. The molecule has 0 bridgehead atoms. The van der Waals surface area contributed by atoms with E-state index in [1.807, 2.05) is 23.1 Å². The molecule has 1 saturated heterocycles. The third-order valence-electron chi connectivity index (χ3n) is 7.17. The molecule has 0 atom stereocenters. The number of pyridine rings is 1. The lowest BCUT2D eigenvalue weighted by Crippen LogP contribution is -2.33. The number of aromatic nitrogens is 3. The van der Waals surface area contributed by atoms with Gasteiger partial charge < -0.3 is 14.6 Å². The van der Waals surface area contributed by atoms with Crippen LogP contribution >= 0.6 is 0 Å². The van der Waals surface area contributed by atoms with Gasteiger partial charge in [-0.3, -0.25) is 9.47 Å². The van der Waals surface area contributed by atoms with Crippen molar-refractivity contribution in [2.24, 2.45) is 0 Å². The van der Waals surface area contributed by atoms with E-state index in [9.17, 15) is 23.1 Å². The van der Waals surface area contributed by atoms with Crippen molar-refractivity contribution in [3.8, 4) is 17.7 Å². The van der Waals surface area contributed by atoms with Gasteiger partial charge in [0.25, 0.3) is 0 Å². The maximum Gasteiger partial charge on any atom is 0.335 e. The van der Waals surface area contributed by atoms with Crippen molar-refractivity contribution >= 4 is 17.0 Å². The molecule has 2 aromatic heterocycles. The molecule has 1 N–H and O–H groups in total. The second-order valence-electron chi connectivity index (χ2n) is 9.68. The van der Waals surface area contributed by atoms with Crippen LogP contribution in [-0.2, 0) is 13.2 Å². The van der Waals surface area contributed by atoms with Crippen molar-refractivity contribution in [2.75, 3.05) is 20.2 Å². The van der Waals surface area contributed by atoms with E-state index in [0.29, 0.717) is 24.5 Å². The van der Waals surface area contributed by atoms with Crippen LogP contribution in [0.2, 0.25) is 0 Å². The van der Waals surface area contributed by atoms with Crippen molar-refractivity contribution < 1.29 is 32.5 Å². The lowest BCUT2D eigenvalue weighted by atomic mass is 9.93. The summed E-state index contributed by atoms with van der Waals surface area (Å²) in [4.78, 5) is 22.5. The molecule has 5 rings (SSSR count). The topological polar surface area (TPSA) is 114 Å². The number of methoxy groups -OCH3 is 1. The van der Waals surface area contributed by atoms with Crippen molar-refractivity contribution in [3.63, 3.8) is 0 Å². The Morgan fingerprint density at radius 2 is 1.95 bits per heavy atom. The van der Waals surface area contributed by atoms with Crippen LogP contribution in [0.25, 0.3) is 11.0 Å². The monoisotopic (exact) mass is 565 g/mol. The van der Waals surface area contributed by atoms with Crippen molar-refractivity contribution in [1.29, 1.82) is 5.26 Å². The van der Waals surface area contributed by atoms with Gasteiger partial charge in [0, 0.05) is 23.2 Å². The number of ether oxygens (including phenoxy) is 2. The van der Waals surface area contributed by atoms with Gasteiger partial charge in [0.05, 0.1) is 36.4 Å². The second kappa shape index (κ2) is 11.9. The first-order valence-electron chi connectivity index (χ1n) is 12.9. The van der Waals surface area contributed by atoms with Crippen LogP contribution in [0.3, 0.4) is 0 Å². The molecule has 3 heterocycles. The number of alkyl halides is 2. The number of nitrogens with zero attached hydrogens (tertiary/aromatic N) is 5. The van der Waals surface area contributed by atoms with Crippen LogP contribution in [0.4, 0.5) is 13.2 Å². The zero-order chi connectivity index (χ0) is 29.1. The first-order chi connectivity index (χ1) is 19.8. The number of carboxylic acid groups (broad SMARTS) is 1. The summed E-state index contributed by atoms with van der Waals surface area (Å²) in [6, 6.07) is 14.0. The molecule has 12 heteroatoms. The first-order valence-corrected chi connectivity index (χ1v) is 12.9. The van der Waals surface area contributed by atoms with Gasteiger partial charge in [-0.2, -0.15) is 14.0 Å². The molecule has 4 aromatic rings. The smallest absolute Gasteiger partial charge is 0.335 e. The van der Waals surface area contributed by atoms with Crippen LogP contribution in [0.5, 0.6) is 11.6 Å². The number of hydrogen-bond donors (Lipinski definition) is 1. The van der Waals surface area contributed by atoms with E-state index in [2.05, 4.69) is 9.97 Å². The predicted octanol–water partition coefficient (Wildman–Crippen LogP) is 5.50. The molecule has 1 aliphatic heterocycles. The highest BCUT2D eigenvalue weighted by atomic mass is 19.3. The Bertz CT molecular complexity index is 1630.